The Kier molecular flexibility index (Phi) is 1.60. The maximum atomic E-state index is 11.1. The van der Waals surface area contributed by atoms with Crippen molar-refractivity contribution in [1.29, 1.82) is 0 Å². The second-order valence-electron chi connectivity index (χ2n) is 2.85. The molecule has 0 saturated carbocycles. The van der Waals surface area contributed by atoms with Crippen molar-refractivity contribution in [2.24, 2.45) is 0 Å². The van der Waals surface area contributed by atoms with Gasteiger partial charge in [0.2, 0.25) is 0 Å². The SMILES string of the molecule is O=C1Nc2cc(C(=O)O)ccc2C1=O. The number of rotatable bonds is 1. The Morgan fingerprint density at radius 1 is 1.29 bits per heavy atom. The lowest BCUT2D eigenvalue weighted by Gasteiger charge is -1.98. The second kappa shape index (κ2) is 2.66. The molecule has 0 aromatic heterocycles. The predicted octanol–water partition coefficient (Wildman–Crippen LogP) is 0.520. The van der Waals surface area contributed by atoms with Crippen LogP contribution in [-0.2, 0) is 4.79 Å². The lowest BCUT2D eigenvalue weighted by Crippen LogP contribution is -2.12. The molecule has 1 aliphatic heterocycles. The van der Waals surface area contributed by atoms with Crippen LogP contribution in [-0.4, -0.2) is 22.8 Å². The number of fused-ring (bicyclic) bond motifs is 1. The Labute approximate surface area is 78.3 Å². The summed E-state index contributed by atoms with van der Waals surface area (Å²) >= 11 is 0. The second-order valence-corrected chi connectivity index (χ2v) is 2.85. The van der Waals surface area contributed by atoms with E-state index in [1.165, 1.54) is 18.2 Å². The number of amides is 1. The van der Waals surface area contributed by atoms with Crippen LogP contribution in [0.2, 0.25) is 0 Å². The number of hydrogen-bond acceptors (Lipinski definition) is 3. The number of carbonyl (C=O) groups excluding carboxylic acids is 2. The van der Waals surface area contributed by atoms with Gasteiger partial charge in [-0.25, -0.2) is 4.79 Å². The van der Waals surface area contributed by atoms with Gasteiger partial charge in [-0.15, -0.1) is 0 Å². The molecule has 5 heteroatoms. The van der Waals surface area contributed by atoms with E-state index in [0.29, 0.717) is 0 Å². The summed E-state index contributed by atoms with van der Waals surface area (Å²) < 4.78 is 0. The maximum absolute atomic E-state index is 11.1. The molecule has 0 saturated heterocycles. The van der Waals surface area contributed by atoms with Crippen molar-refractivity contribution < 1.29 is 19.5 Å². The Morgan fingerprint density at radius 3 is 2.64 bits per heavy atom. The van der Waals surface area contributed by atoms with Crippen molar-refractivity contribution in [1.82, 2.24) is 0 Å². The van der Waals surface area contributed by atoms with Gasteiger partial charge in [-0.2, -0.15) is 0 Å². The number of nitrogens with one attached hydrogen (secondary N) is 1. The Hall–Kier alpha value is -2.17. The first-order valence-electron chi connectivity index (χ1n) is 3.82. The Morgan fingerprint density at radius 2 is 2.00 bits per heavy atom. The highest BCUT2D eigenvalue weighted by Gasteiger charge is 2.28. The number of anilines is 1. The quantitative estimate of drug-likeness (QED) is 0.634. The fraction of sp³-hybridized carbons (Fsp3) is 0. The number of hydrogen-bond donors (Lipinski definition) is 2. The van der Waals surface area contributed by atoms with Gasteiger partial charge in [-0.05, 0) is 18.2 Å². The van der Waals surface area contributed by atoms with Crippen LogP contribution >= 0.6 is 0 Å². The zero-order valence-electron chi connectivity index (χ0n) is 6.90. The first kappa shape index (κ1) is 8.43. The van der Waals surface area contributed by atoms with E-state index < -0.39 is 17.7 Å². The molecule has 2 N–H and O–H groups in total. The molecule has 5 nitrogen and oxygen atoms in total. The average Bonchev–Trinajstić information content (AvgIpc) is 2.42. The topological polar surface area (TPSA) is 83.5 Å². The molecule has 0 fully saturated rings. The van der Waals surface area contributed by atoms with E-state index in [4.69, 9.17) is 5.11 Å². The Bertz CT molecular complexity index is 464. The summed E-state index contributed by atoms with van der Waals surface area (Å²) in [4.78, 5) is 32.6. The van der Waals surface area contributed by atoms with Crippen molar-refractivity contribution in [3.63, 3.8) is 0 Å². The van der Waals surface area contributed by atoms with Crippen molar-refractivity contribution >= 4 is 23.3 Å². The summed E-state index contributed by atoms with van der Waals surface area (Å²) in [5.41, 5.74) is 0.527. The summed E-state index contributed by atoms with van der Waals surface area (Å²) in [6, 6.07) is 3.89. The minimum Gasteiger partial charge on any atom is -0.478 e. The molecule has 1 aromatic rings. The van der Waals surface area contributed by atoms with Crippen molar-refractivity contribution in [2.45, 2.75) is 0 Å². The molecule has 1 amide bonds. The zero-order valence-corrected chi connectivity index (χ0v) is 6.90. The van der Waals surface area contributed by atoms with Gasteiger partial charge in [0.1, 0.15) is 0 Å². The summed E-state index contributed by atoms with van der Waals surface area (Å²) in [7, 11) is 0. The van der Waals surface area contributed by atoms with Gasteiger partial charge in [0.25, 0.3) is 11.7 Å². The van der Waals surface area contributed by atoms with Crippen molar-refractivity contribution in [3.05, 3.63) is 29.3 Å². The zero-order chi connectivity index (χ0) is 10.3. The third-order valence-corrected chi connectivity index (χ3v) is 1.97. The van der Waals surface area contributed by atoms with E-state index in [2.05, 4.69) is 5.32 Å². The van der Waals surface area contributed by atoms with Crippen LogP contribution in [0.3, 0.4) is 0 Å². The van der Waals surface area contributed by atoms with Crippen LogP contribution < -0.4 is 5.32 Å². The summed E-state index contributed by atoms with van der Waals surface area (Å²) in [5.74, 6) is -2.44. The molecule has 0 spiro atoms. The lowest BCUT2D eigenvalue weighted by atomic mass is 10.1. The number of ketones is 1. The molecule has 14 heavy (non-hydrogen) atoms. The van der Waals surface area contributed by atoms with Gasteiger partial charge in [-0.1, -0.05) is 0 Å². The molecule has 0 bridgehead atoms. The lowest BCUT2D eigenvalue weighted by molar-refractivity contribution is -0.112. The van der Waals surface area contributed by atoms with Gasteiger partial charge >= 0.3 is 5.97 Å². The third kappa shape index (κ3) is 1.06. The molecule has 1 aliphatic rings. The number of benzene rings is 1. The summed E-state index contributed by atoms with van der Waals surface area (Å²) in [6.07, 6.45) is 0. The molecular weight excluding hydrogens is 186 g/mol. The number of aromatic carboxylic acids is 1. The minimum absolute atomic E-state index is 0.0405. The normalized spacial score (nSPS) is 13.7. The third-order valence-electron chi connectivity index (χ3n) is 1.97. The van der Waals surface area contributed by atoms with E-state index in [1.807, 2.05) is 0 Å². The van der Waals surface area contributed by atoms with Gasteiger partial charge in [0.15, 0.2) is 0 Å². The molecular formula is C9H5NO4. The highest BCUT2D eigenvalue weighted by atomic mass is 16.4. The number of carboxylic acids is 1. The van der Waals surface area contributed by atoms with E-state index in [0.717, 1.165) is 0 Å². The first-order valence-corrected chi connectivity index (χ1v) is 3.82. The average molecular weight is 191 g/mol. The molecule has 0 atom stereocenters. The predicted molar refractivity (Wildman–Crippen MR) is 46.4 cm³/mol. The highest BCUT2D eigenvalue weighted by molar-refractivity contribution is 6.51. The van der Waals surface area contributed by atoms with Crippen LogP contribution in [0, 0.1) is 0 Å². The minimum atomic E-state index is -1.10. The molecule has 0 aliphatic carbocycles. The monoisotopic (exact) mass is 191 g/mol. The van der Waals surface area contributed by atoms with E-state index >= 15 is 0 Å². The Balaban J connectivity index is 2.55. The standard InChI is InChI=1S/C9H5NO4/c11-7-5-2-1-4(9(13)14)3-6(5)10-8(7)12/h1-3H,(H,13,14)(H,10,11,12). The van der Waals surface area contributed by atoms with Gasteiger partial charge in [0.05, 0.1) is 16.8 Å². The van der Waals surface area contributed by atoms with Crippen LogP contribution in [0.5, 0.6) is 0 Å². The number of carbonyl (C=O) groups is 3. The fourth-order valence-electron chi connectivity index (χ4n) is 1.28. The van der Waals surface area contributed by atoms with Crippen molar-refractivity contribution in [2.75, 3.05) is 5.32 Å². The molecule has 1 heterocycles. The van der Waals surface area contributed by atoms with Crippen LogP contribution in [0.4, 0.5) is 5.69 Å². The highest BCUT2D eigenvalue weighted by Crippen LogP contribution is 2.23. The summed E-state index contributed by atoms with van der Waals surface area (Å²) in [6.45, 7) is 0. The van der Waals surface area contributed by atoms with Crippen LogP contribution in [0.1, 0.15) is 20.7 Å². The number of carboxylic acid groups (broad SMARTS) is 1. The van der Waals surface area contributed by atoms with Gasteiger partial charge in [0, 0.05) is 0 Å². The maximum Gasteiger partial charge on any atom is 0.335 e. The van der Waals surface area contributed by atoms with Gasteiger partial charge < -0.3 is 10.4 Å². The van der Waals surface area contributed by atoms with Crippen LogP contribution in [0.15, 0.2) is 18.2 Å². The molecule has 70 valence electrons. The number of Topliss-reactive ketones (excluding diaryl/α,β-unsaturated/α-hetero) is 1. The van der Waals surface area contributed by atoms with E-state index in [9.17, 15) is 14.4 Å². The molecule has 0 radical (unpaired) electrons. The summed E-state index contributed by atoms with van der Waals surface area (Å²) in [5, 5.41) is 10.9. The van der Waals surface area contributed by atoms with Crippen molar-refractivity contribution in [3.8, 4) is 0 Å². The van der Waals surface area contributed by atoms with Gasteiger partial charge in [-0.3, -0.25) is 9.59 Å². The van der Waals surface area contributed by atoms with Crippen LogP contribution in [0.25, 0.3) is 0 Å². The smallest absolute Gasteiger partial charge is 0.335 e. The van der Waals surface area contributed by atoms with E-state index in [1.54, 1.807) is 0 Å². The largest absolute Gasteiger partial charge is 0.478 e. The molecule has 2 rings (SSSR count). The van der Waals surface area contributed by atoms with E-state index in [-0.39, 0.29) is 16.8 Å². The fourth-order valence-corrected chi connectivity index (χ4v) is 1.28. The molecule has 0 unspecified atom stereocenters. The molecule has 1 aromatic carbocycles. The first-order chi connectivity index (χ1) is 6.59.